The smallest absolute Gasteiger partial charge is 0.212 e. The molecule has 0 aromatic carbocycles. The number of likely N-dealkylation sites (N-methyl/N-ethyl adjacent to an activating group) is 1. The van der Waals surface area contributed by atoms with Gasteiger partial charge in [-0.2, -0.15) is 0 Å². The molecule has 3 rings (SSSR count). The summed E-state index contributed by atoms with van der Waals surface area (Å²) < 4.78 is 11.1. The molecule has 2 heterocycles. The molecule has 1 saturated carbocycles. The summed E-state index contributed by atoms with van der Waals surface area (Å²) in [6.45, 7) is 2.70. The fraction of sp³-hybridized carbons (Fsp3) is 0.667. The maximum absolute atomic E-state index is 5.99. The minimum atomic E-state index is 0.185. The molecule has 1 aromatic rings. The van der Waals surface area contributed by atoms with Crippen LogP contribution in [0.15, 0.2) is 18.3 Å². The standard InChI is InChI=1S/C15H23N3O2/c1-16-10-13-15(11-3-6-14(19-2)17-9-11)18(7-8-20-13)12-4-5-12/h3,6,9,12-13,15-16H,4-5,7-8,10H2,1-2H3. The zero-order valence-corrected chi connectivity index (χ0v) is 12.2. The molecule has 0 spiro atoms. The van der Waals surface area contributed by atoms with Gasteiger partial charge in [-0.25, -0.2) is 4.98 Å². The summed E-state index contributed by atoms with van der Waals surface area (Å²) in [5.41, 5.74) is 1.22. The fourth-order valence-corrected chi connectivity index (χ4v) is 3.03. The van der Waals surface area contributed by atoms with Crippen LogP contribution in [0.25, 0.3) is 0 Å². The number of hydrogen-bond donors (Lipinski definition) is 1. The van der Waals surface area contributed by atoms with Crippen molar-refractivity contribution in [1.82, 2.24) is 15.2 Å². The van der Waals surface area contributed by atoms with E-state index in [1.54, 1.807) is 7.11 Å². The lowest BCUT2D eigenvalue weighted by Gasteiger charge is -2.41. The van der Waals surface area contributed by atoms with E-state index >= 15 is 0 Å². The number of morpholine rings is 1. The van der Waals surface area contributed by atoms with Crippen molar-refractivity contribution >= 4 is 0 Å². The molecule has 0 radical (unpaired) electrons. The zero-order valence-electron chi connectivity index (χ0n) is 12.2. The lowest BCUT2D eigenvalue weighted by molar-refractivity contribution is -0.0741. The van der Waals surface area contributed by atoms with Gasteiger partial charge in [0.1, 0.15) is 0 Å². The zero-order chi connectivity index (χ0) is 13.9. The summed E-state index contributed by atoms with van der Waals surface area (Å²) in [6, 6.07) is 5.07. The van der Waals surface area contributed by atoms with Gasteiger partial charge in [0.15, 0.2) is 0 Å². The normalized spacial score (nSPS) is 27.5. The van der Waals surface area contributed by atoms with E-state index in [2.05, 4.69) is 21.3 Å². The monoisotopic (exact) mass is 277 g/mol. The lowest BCUT2D eigenvalue weighted by atomic mass is 9.99. The molecular formula is C15H23N3O2. The van der Waals surface area contributed by atoms with Crippen LogP contribution in [-0.2, 0) is 4.74 Å². The Hall–Kier alpha value is -1.17. The molecule has 5 heteroatoms. The first kappa shape index (κ1) is 13.8. The molecule has 1 saturated heterocycles. The molecule has 110 valence electrons. The minimum absolute atomic E-state index is 0.185. The van der Waals surface area contributed by atoms with Crippen LogP contribution in [0.2, 0.25) is 0 Å². The molecule has 2 fully saturated rings. The maximum atomic E-state index is 5.99. The second-order valence-electron chi connectivity index (χ2n) is 5.51. The first-order chi connectivity index (χ1) is 9.83. The summed E-state index contributed by atoms with van der Waals surface area (Å²) >= 11 is 0. The van der Waals surface area contributed by atoms with Crippen LogP contribution < -0.4 is 10.1 Å². The lowest BCUT2D eigenvalue weighted by Crippen LogP contribution is -2.49. The number of methoxy groups -OCH3 is 1. The molecule has 5 nitrogen and oxygen atoms in total. The quantitative estimate of drug-likeness (QED) is 0.876. The molecule has 2 atom stereocenters. The van der Waals surface area contributed by atoms with Crippen LogP contribution in [0.3, 0.4) is 0 Å². The van der Waals surface area contributed by atoms with E-state index in [0.29, 0.717) is 11.9 Å². The summed E-state index contributed by atoms with van der Waals surface area (Å²) in [7, 11) is 3.62. The van der Waals surface area contributed by atoms with E-state index in [1.807, 2.05) is 19.3 Å². The van der Waals surface area contributed by atoms with E-state index in [-0.39, 0.29) is 6.10 Å². The first-order valence-corrected chi connectivity index (χ1v) is 7.35. The van der Waals surface area contributed by atoms with Crippen molar-refractivity contribution < 1.29 is 9.47 Å². The van der Waals surface area contributed by atoms with Crippen LogP contribution in [0.5, 0.6) is 5.88 Å². The van der Waals surface area contributed by atoms with Gasteiger partial charge in [-0.1, -0.05) is 6.07 Å². The Morgan fingerprint density at radius 1 is 1.45 bits per heavy atom. The summed E-state index contributed by atoms with van der Waals surface area (Å²) in [6.07, 6.45) is 4.74. The molecule has 1 N–H and O–H groups in total. The molecule has 2 aliphatic rings. The van der Waals surface area contributed by atoms with Crippen LogP contribution in [-0.4, -0.2) is 55.9 Å². The Morgan fingerprint density at radius 2 is 2.30 bits per heavy atom. The second-order valence-corrected chi connectivity index (χ2v) is 5.51. The van der Waals surface area contributed by atoms with Crippen LogP contribution in [0.4, 0.5) is 0 Å². The highest BCUT2D eigenvalue weighted by Crippen LogP contribution is 2.38. The molecule has 20 heavy (non-hydrogen) atoms. The Bertz CT molecular complexity index is 431. The van der Waals surface area contributed by atoms with Gasteiger partial charge in [-0.15, -0.1) is 0 Å². The Labute approximate surface area is 120 Å². The van der Waals surface area contributed by atoms with Crippen molar-refractivity contribution in [3.05, 3.63) is 23.9 Å². The highest BCUT2D eigenvalue weighted by Gasteiger charge is 2.41. The van der Waals surface area contributed by atoms with Crippen molar-refractivity contribution in [1.29, 1.82) is 0 Å². The Morgan fingerprint density at radius 3 is 2.90 bits per heavy atom. The topological polar surface area (TPSA) is 46.6 Å². The van der Waals surface area contributed by atoms with Crippen LogP contribution in [0, 0.1) is 0 Å². The third-order valence-electron chi connectivity index (χ3n) is 4.12. The minimum Gasteiger partial charge on any atom is -0.481 e. The van der Waals surface area contributed by atoms with Crippen molar-refractivity contribution in [3.8, 4) is 5.88 Å². The van der Waals surface area contributed by atoms with Crippen molar-refractivity contribution in [2.24, 2.45) is 0 Å². The molecule has 0 bridgehead atoms. The van der Waals surface area contributed by atoms with Gasteiger partial charge in [0.05, 0.1) is 25.9 Å². The van der Waals surface area contributed by atoms with Crippen molar-refractivity contribution in [2.75, 3.05) is 33.9 Å². The van der Waals surface area contributed by atoms with Gasteiger partial charge in [0.25, 0.3) is 0 Å². The van der Waals surface area contributed by atoms with E-state index in [9.17, 15) is 0 Å². The van der Waals surface area contributed by atoms with Gasteiger partial charge >= 0.3 is 0 Å². The van der Waals surface area contributed by atoms with Crippen LogP contribution in [0.1, 0.15) is 24.4 Å². The summed E-state index contributed by atoms with van der Waals surface area (Å²) in [5.74, 6) is 0.661. The molecule has 1 aliphatic carbocycles. The van der Waals surface area contributed by atoms with Gasteiger partial charge in [0, 0.05) is 31.4 Å². The number of ether oxygens (including phenoxy) is 2. The van der Waals surface area contributed by atoms with Crippen molar-refractivity contribution in [3.63, 3.8) is 0 Å². The SMILES string of the molecule is CNCC1OCCN(C2CC2)C1c1ccc(OC)nc1. The van der Waals surface area contributed by atoms with E-state index < -0.39 is 0 Å². The summed E-state index contributed by atoms with van der Waals surface area (Å²) in [5, 5.41) is 3.24. The second kappa shape index (κ2) is 6.08. The number of rotatable bonds is 5. The Kier molecular flexibility index (Phi) is 4.19. The van der Waals surface area contributed by atoms with E-state index in [1.165, 1.54) is 18.4 Å². The third-order valence-corrected chi connectivity index (χ3v) is 4.12. The summed E-state index contributed by atoms with van der Waals surface area (Å²) in [4.78, 5) is 6.95. The number of aromatic nitrogens is 1. The molecule has 1 aliphatic heterocycles. The molecule has 0 amide bonds. The largest absolute Gasteiger partial charge is 0.481 e. The average Bonchev–Trinajstić information content (AvgIpc) is 3.32. The van der Waals surface area contributed by atoms with E-state index in [4.69, 9.17) is 9.47 Å². The maximum Gasteiger partial charge on any atom is 0.212 e. The predicted molar refractivity (Wildman–Crippen MR) is 76.9 cm³/mol. The molecule has 1 aromatic heterocycles. The number of nitrogens with zero attached hydrogens (tertiary/aromatic N) is 2. The number of nitrogens with one attached hydrogen (secondary N) is 1. The third kappa shape index (κ3) is 2.80. The average molecular weight is 277 g/mol. The predicted octanol–water partition coefficient (Wildman–Crippen LogP) is 1.21. The van der Waals surface area contributed by atoms with Gasteiger partial charge in [-0.05, 0) is 25.5 Å². The van der Waals surface area contributed by atoms with Gasteiger partial charge in [-0.3, -0.25) is 4.90 Å². The first-order valence-electron chi connectivity index (χ1n) is 7.35. The Balaban J connectivity index is 1.85. The fourth-order valence-electron chi connectivity index (χ4n) is 3.03. The highest BCUT2D eigenvalue weighted by molar-refractivity contribution is 5.23. The van der Waals surface area contributed by atoms with Crippen molar-refractivity contribution in [2.45, 2.75) is 31.0 Å². The molecule has 2 unspecified atom stereocenters. The number of pyridine rings is 1. The van der Waals surface area contributed by atoms with E-state index in [0.717, 1.165) is 25.7 Å². The van der Waals surface area contributed by atoms with Gasteiger partial charge in [0.2, 0.25) is 5.88 Å². The van der Waals surface area contributed by atoms with Gasteiger partial charge < -0.3 is 14.8 Å². The highest BCUT2D eigenvalue weighted by atomic mass is 16.5. The van der Waals surface area contributed by atoms with Crippen LogP contribution >= 0.6 is 0 Å². The number of hydrogen-bond acceptors (Lipinski definition) is 5. The molecular weight excluding hydrogens is 254 g/mol.